The van der Waals surface area contributed by atoms with Crippen LogP contribution in [0, 0.1) is 0 Å². The number of rotatable bonds is 11. The minimum atomic E-state index is -0.800. The van der Waals surface area contributed by atoms with Crippen molar-refractivity contribution < 1.29 is 23.8 Å². The normalized spacial score (nSPS) is 19.4. The number of hydrogen-bond acceptors (Lipinski definition) is 7. The lowest BCUT2D eigenvalue weighted by Crippen LogP contribution is -2.55. The Morgan fingerprint density at radius 3 is 2.79 bits per heavy atom. The Kier molecular flexibility index (Phi) is 8.88. The topological polar surface area (TPSA) is 118 Å². The second kappa shape index (κ2) is 11.6. The quantitative estimate of drug-likeness (QED) is 0.442. The van der Waals surface area contributed by atoms with Crippen LogP contribution in [0.4, 0.5) is 0 Å². The van der Waals surface area contributed by atoms with Gasteiger partial charge in [-0.2, -0.15) is 0 Å². The highest BCUT2D eigenvalue weighted by Crippen LogP contribution is 2.32. The van der Waals surface area contributed by atoms with Gasteiger partial charge in [-0.25, -0.2) is 0 Å². The van der Waals surface area contributed by atoms with Crippen LogP contribution in [0.3, 0.4) is 0 Å². The summed E-state index contributed by atoms with van der Waals surface area (Å²) in [5.74, 6) is 0.291. The van der Waals surface area contributed by atoms with Crippen LogP contribution in [0.15, 0.2) is 28.7 Å². The van der Waals surface area contributed by atoms with Crippen molar-refractivity contribution in [3.8, 4) is 0 Å². The summed E-state index contributed by atoms with van der Waals surface area (Å²) in [7, 11) is 0. The lowest BCUT2D eigenvalue weighted by molar-refractivity contribution is -0.143. The maximum absolute atomic E-state index is 12.1. The lowest BCUT2D eigenvalue weighted by atomic mass is 9.98. The number of nitrogens with two attached hydrogens (primary N) is 1. The molecule has 8 nitrogen and oxygen atoms in total. The summed E-state index contributed by atoms with van der Waals surface area (Å²) >= 11 is 0. The number of hydrogen-bond donors (Lipinski definition) is 3. The molecule has 1 aromatic carbocycles. The third-order valence-corrected chi connectivity index (χ3v) is 6.39. The van der Waals surface area contributed by atoms with E-state index >= 15 is 0 Å². The fourth-order valence-electron chi connectivity index (χ4n) is 4.62. The molecule has 0 saturated carbocycles. The average Bonchev–Trinajstić information content (AvgIpc) is 3.40. The molecule has 0 bridgehead atoms. The molecule has 0 radical (unpaired) electrons. The number of carbonyl (C=O) groups excluding carboxylic acids is 2. The molecular formula is C25H37N3O5. The zero-order chi connectivity index (χ0) is 24.0. The van der Waals surface area contributed by atoms with E-state index in [0.29, 0.717) is 25.9 Å². The van der Waals surface area contributed by atoms with Gasteiger partial charge in [-0.3, -0.25) is 14.5 Å². The number of esters is 1. The van der Waals surface area contributed by atoms with Crippen molar-refractivity contribution >= 4 is 22.8 Å². The molecule has 3 rings (SSSR count). The monoisotopic (exact) mass is 459 g/mol. The van der Waals surface area contributed by atoms with Gasteiger partial charge >= 0.3 is 5.97 Å². The van der Waals surface area contributed by atoms with Crippen molar-refractivity contribution in [2.24, 2.45) is 5.73 Å². The lowest BCUT2D eigenvalue weighted by Gasteiger charge is -2.35. The van der Waals surface area contributed by atoms with Gasteiger partial charge in [0.25, 0.3) is 0 Å². The van der Waals surface area contributed by atoms with Gasteiger partial charge < -0.3 is 25.3 Å². The summed E-state index contributed by atoms with van der Waals surface area (Å²) < 4.78 is 11.2. The first-order valence-corrected chi connectivity index (χ1v) is 12.0. The van der Waals surface area contributed by atoms with Crippen LogP contribution in [0.2, 0.25) is 0 Å². The van der Waals surface area contributed by atoms with Crippen molar-refractivity contribution in [1.29, 1.82) is 0 Å². The summed E-state index contributed by atoms with van der Waals surface area (Å²) in [5, 5.41) is 15.1. The fourth-order valence-corrected chi connectivity index (χ4v) is 4.62. The molecule has 1 aromatic heterocycles. The van der Waals surface area contributed by atoms with Gasteiger partial charge in [0.15, 0.2) is 0 Å². The number of carbonyl (C=O) groups is 2. The highest BCUT2D eigenvalue weighted by Gasteiger charge is 2.35. The Morgan fingerprint density at radius 1 is 1.33 bits per heavy atom. The minimum Gasteiger partial charge on any atom is -0.466 e. The molecule has 4 atom stereocenters. The van der Waals surface area contributed by atoms with E-state index in [2.05, 4.69) is 10.2 Å². The minimum absolute atomic E-state index is 0.101. The molecule has 33 heavy (non-hydrogen) atoms. The van der Waals surface area contributed by atoms with E-state index in [9.17, 15) is 14.7 Å². The van der Waals surface area contributed by atoms with Crippen LogP contribution in [0.1, 0.15) is 57.8 Å². The van der Waals surface area contributed by atoms with E-state index in [-0.39, 0.29) is 24.3 Å². The Bertz CT molecular complexity index is 941. The Labute approximate surface area is 195 Å². The van der Waals surface area contributed by atoms with Gasteiger partial charge in [0.2, 0.25) is 5.91 Å². The maximum atomic E-state index is 12.1. The Morgan fingerprint density at radius 2 is 2.09 bits per heavy atom. The van der Waals surface area contributed by atoms with Crippen LogP contribution in [0.25, 0.3) is 11.0 Å². The second-order valence-electron chi connectivity index (χ2n) is 8.77. The predicted octanol–water partition coefficient (Wildman–Crippen LogP) is 2.50. The van der Waals surface area contributed by atoms with Crippen molar-refractivity contribution in [2.45, 2.75) is 83.6 Å². The summed E-state index contributed by atoms with van der Waals surface area (Å²) in [6, 6.07) is 6.97. The van der Waals surface area contributed by atoms with Crippen molar-refractivity contribution in [1.82, 2.24) is 10.2 Å². The first kappa shape index (κ1) is 25.2. The van der Waals surface area contributed by atoms with Gasteiger partial charge in [-0.15, -0.1) is 0 Å². The largest absolute Gasteiger partial charge is 0.466 e. The van der Waals surface area contributed by atoms with E-state index in [1.807, 2.05) is 31.2 Å². The summed E-state index contributed by atoms with van der Waals surface area (Å²) in [6.07, 6.45) is 3.13. The van der Waals surface area contributed by atoms with Gasteiger partial charge in [0.1, 0.15) is 17.6 Å². The molecular weight excluding hydrogens is 422 g/mol. The van der Waals surface area contributed by atoms with E-state index in [0.717, 1.165) is 41.7 Å². The van der Waals surface area contributed by atoms with E-state index in [1.54, 1.807) is 13.8 Å². The molecule has 4 N–H and O–H groups in total. The number of nitrogens with one attached hydrogen (secondary N) is 1. The zero-order valence-electron chi connectivity index (χ0n) is 19.9. The second-order valence-corrected chi connectivity index (χ2v) is 8.77. The van der Waals surface area contributed by atoms with Crippen LogP contribution in [0.5, 0.6) is 0 Å². The molecule has 1 aliphatic rings. The number of fused-ring (bicyclic) bond motifs is 1. The number of likely N-dealkylation sites (tertiary alicyclic amines) is 1. The van der Waals surface area contributed by atoms with Gasteiger partial charge in [0, 0.05) is 30.0 Å². The summed E-state index contributed by atoms with van der Waals surface area (Å²) in [5.41, 5.74) is 7.57. The molecule has 2 heterocycles. The number of ether oxygens (including phenoxy) is 1. The first-order chi connectivity index (χ1) is 15.8. The Balaban J connectivity index is 1.79. The van der Waals surface area contributed by atoms with Gasteiger partial charge in [0.05, 0.1) is 25.1 Å². The number of para-hydroxylation sites is 1. The third-order valence-electron chi connectivity index (χ3n) is 6.39. The zero-order valence-corrected chi connectivity index (χ0v) is 19.9. The molecule has 2 aromatic rings. The van der Waals surface area contributed by atoms with Crippen molar-refractivity contribution in [3.63, 3.8) is 0 Å². The van der Waals surface area contributed by atoms with Crippen LogP contribution in [-0.2, 0) is 27.2 Å². The third kappa shape index (κ3) is 6.13. The van der Waals surface area contributed by atoms with Crippen molar-refractivity contribution in [2.75, 3.05) is 13.2 Å². The van der Waals surface area contributed by atoms with Crippen molar-refractivity contribution in [3.05, 3.63) is 35.6 Å². The number of amides is 1. The van der Waals surface area contributed by atoms with E-state index in [4.69, 9.17) is 14.9 Å². The smallest absolute Gasteiger partial charge is 0.306 e. The number of benzene rings is 1. The first-order valence-electron chi connectivity index (χ1n) is 12.0. The molecule has 0 spiro atoms. The molecule has 182 valence electrons. The Hall–Kier alpha value is -2.42. The average molecular weight is 460 g/mol. The molecule has 1 fully saturated rings. The molecule has 1 saturated heterocycles. The standard InChI is InChI=1S/C25H37N3O5/c1-4-20(27-24(30)16(3)26)25(31)28-14-8-9-17(28)15-19-18-10-6-7-11-21(18)33-22(19)12-13-23(29)32-5-2/h6-7,10-11,16-17,20,25,31H,4-5,8-9,12-15,26H2,1-3H3,(H,27,30)/t16-,17-,20-,25?/m0/s1. The van der Waals surface area contributed by atoms with E-state index in [1.165, 1.54) is 0 Å². The fraction of sp³-hybridized carbons (Fsp3) is 0.600. The maximum Gasteiger partial charge on any atom is 0.306 e. The molecule has 8 heteroatoms. The highest BCUT2D eigenvalue weighted by atomic mass is 16.5. The SMILES string of the molecule is CCOC(=O)CCc1oc2ccccc2c1C[C@@H]1CCCN1C(O)[C@H](CC)NC(=O)[C@H](C)N. The molecule has 0 aliphatic carbocycles. The van der Waals surface area contributed by atoms with Crippen LogP contribution in [-0.4, -0.2) is 59.4 Å². The number of aliphatic hydroxyl groups excluding tert-OH is 1. The summed E-state index contributed by atoms with van der Waals surface area (Å²) in [6.45, 7) is 6.49. The van der Waals surface area contributed by atoms with Crippen LogP contribution < -0.4 is 11.1 Å². The van der Waals surface area contributed by atoms with Gasteiger partial charge in [-0.05, 0) is 45.6 Å². The van der Waals surface area contributed by atoms with Crippen LogP contribution >= 0.6 is 0 Å². The molecule has 1 amide bonds. The van der Waals surface area contributed by atoms with Gasteiger partial charge in [-0.1, -0.05) is 25.1 Å². The predicted molar refractivity (Wildman–Crippen MR) is 126 cm³/mol. The molecule has 1 aliphatic heterocycles. The highest BCUT2D eigenvalue weighted by molar-refractivity contribution is 5.83. The number of aryl methyl sites for hydroxylation is 1. The summed E-state index contributed by atoms with van der Waals surface area (Å²) in [4.78, 5) is 26.1. The number of nitrogens with zero attached hydrogens (tertiary/aromatic N) is 1. The molecule has 1 unspecified atom stereocenters. The number of furan rings is 1. The number of aliphatic hydroxyl groups is 1. The van der Waals surface area contributed by atoms with E-state index < -0.39 is 18.3 Å².